The highest BCUT2D eigenvalue weighted by atomic mass is 16.1. The standard InChI is InChI=1S/C9H17NO/c1-3-4-5-6-9(2)8(7-11)10-9/h7-8,10H,3-6H2,1-2H3. The van der Waals surface area contributed by atoms with Gasteiger partial charge in [0.25, 0.3) is 0 Å². The van der Waals surface area contributed by atoms with Crippen LogP contribution in [0.2, 0.25) is 0 Å². The molecule has 1 N–H and O–H groups in total. The van der Waals surface area contributed by atoms with Crippen LogP contribution < -0.4 is 5.32 Å². The van der Waals surface area contributed by atoms with Crippen LogP contribution in [-0.4, -0.2) is 17.9 Å². The van der Waals surface area contributed by atoms with Crippen molar-refractivity contribution in [1.29, 1.82) is 0 Å². The first-order chi connectivity index (χ1) is 5.23. The summed E-state index contributed by atoms with van der Waals surface area (Å²) in [6, 6.07) is 0.138. The number of hydrogen-bond donors (Lipinski definition) is 1. The van der Waals surface area contributed by atoms with Gasteiger partial charge < -0.3 is 4.79 Å². The van der Waals surface area contributed by atoms with E-state index in [0.29, 0.717) is 0 Å². The molecule has 0 bridgehead atoms. The Morgan fingerprint density at radius 1 is 1.55 bits per heavy atom. The SMILES string of the molecule is CCCCCC1(C)NC1C=O. The average Bonchev–Trinajstić information content (AvgIpc) is 2.63. The summed E-state index contributed by atoms with van der Waals surface area (Å²) in [4.78, 5) is 10.4. The summed E-state index contributed by atoms with van der Waals surface area (Å²) in [5, 5.41) is 3.19. The van der Waals surface area contributed by atoms with Crippen LogP contribution in [0.4, 0.5) is 0 Å². The molecular weight excluding hydrogens is 138 g/mol. The van der Waals surface area contributed by atoms with Gasteiger partial charge in [-0.25, -0.2) is 0 Å². The fourth-order valence-electron chi connectivity index (χ4n) is 1.47. The van der Waals surface area contributed by atoms with E-state index < -0.39 is 0 Å². The Morgan fingerprint density at radius 3 is 2.73 bits per heavy atom. The molecule has 1 aliphatic heterocycles. The Bertz CT molecular complexity index is 146. The molecule has 2 nitrogen and oxygen atoms in total. The van der Waals surface area contributed by atoms with E-state index in [-0.39, 0.29) is 11.6 Å². The van der Waals surface area contributed by atoms with Crippen molar-refractivity contribution >= 4 is 6.29 Å². The molecule has 1 rings (SSSR count). The van der Waals surface area contributed by atoms with Crippen molar-refractivity contribution in [3.63, 3.8) is 0 Å². The molecule has 64 valence electrons. The molecule has 0 radical (unpaired) electrons. The number of hydrogen-bond acceptors (Lipinski definition) is 2. The average molecular weight is 155 g/mol. The van der Waals surface area contributed by atoms with Gasteiger partial charge in [-0.05, 0) is 13.3 Å². The molecule has 1 aliphatic rings. The molecule has 1 fully saturated rings. The third-order valence-corrected chi connectivity index (χ3v) is 2.52. The molecule has 2 unspecified atom stereocenters. The van der Waals surface area contributed by atoms with E-state index in [2.05, 4.69) is 19.2 Å². The third kappa shape index (κ3) is 2.03. The zero-order valence-electron chi connectivity index (χ0n) is 7.39. The maximum Gasteiger partial charge on any atom is 0.138 e. The second-order valence-corrected chi connectivity index (χ2v) is 3.63. The molecule has 1 heterocycles. The first-order valence-corrected chi connectivity index (χ1v) is 4.46. The van der Waals surface area contributed by atoms with Crippen LogP contribution in [0.1, 0.15) is 39.5 Å². The van der Waals surface area contributed by atoms with Crippen molar-refractivity contribution in [2.75, 3.05) is 0 Å². The zero-order chi connectivity index (χ0) is 8.32. The number of carbonyl (C=O) groups is 1. The van der Waals surface area contributed by atoms with E-state index in [4.69, 9.17) is 0 Å². The highest BCUT2D eigenvalue weighted by Crippen LogP contribution is 2.30. The molecule has 0 amide bonds. The number of carbonyl (C=O) groups excluding carboxylic acids is 1. The topological polar surface area (TPSA) is 39.0 Å². The lowest BCUT2D eigenvalue weighted by Gasteiger charge is -2.04. The van der Waals surface area contributed by atoms with Gasteiger partial charge in [-0.1, -0.05) is 26.2 Å². The molecule has 2 heteroatoms. The Labute approximate surface area is 68.4 Å². The summed E-state index contributed by atoms with van der Waals surface area (Å²) in [5.74, 6) is 0. The first-order valence-electron chi connectivity index (χ1n) is 4.46. The fourth-order valence-corrected chi connectivity index (χ4v) is 1.47. The predicted octanol–water partition coefficient (Wildman–Crippen LogP) is 1.50. The van der Waals surface area contributed by atoms with Gasteiger partial charge in [0.2, 0.25) is 0 Å². The van der Waals surface area contributed by atoms with Crippen LogP contribution in [0, 0.1) is 0 Å². The monoisotopic (exact) mass is 155 g/mol. The minimum atomic E-state index is 0.138. The van der Waals surface area contributed by atoms with Crippen LogP contribution in [0.3, 0.4) is 0 Å². The molecule has 0 spiro atoms. The number of rotatable bonds is 5. The molecule has 0 aromatic rings. The summed E-state index contributed by atoms with van der Waals surface area (Å²) in [5.41, 5.74) is 0.150. The summed E-state index contributed by atoms with van der Waals surface area (Å²) in [6.07, 6.45) is 5.94. The zero-order valence-corrected chi connectivity index (χ0v) is 7.39. The largest absolute Gasteiger partial charge is 0.302 e. The van der Waals surface area contributed by atoms with Crippen molar-refractivity contribution in [1.82, 2.24) is 5.32 Å². The van der Waals surface area contributed by atoms with Crippen molar-refractivity contribution in [3.8, 4) is 0 Å². The summed E-state index contributed by atoms with van der Waals surface area (Å²) < 4.78 is 0. The van der Waals surface area contributed by atoms with Crippen LogP contribution in [0.5, 0.6) is 0 Å². The Hall–Kier alpha value is -0.370. The highest BCUT2D eigenvalue weighted by Gasteiger charge is 2.48. The minimum Gasteiger partial charge on any atom is -0.302 e. The van der Waals surface area contributed by atoms with Gasteiger partial charge in [0.1, 0.15) is 6.29 Å². The lowest BCUT2D eigenvalue weighted by molar-refractivity contribution is -0.107. The maximum atomic E-state index is 10.4. The summed E-state index contributed by atoms with van der Waals surface area (Å²) >= 11 is 0. The Kier molecular flexibility index (Phi) is 2.66. The lowest BCUT2D eigenvalue weighted by Crippen LogP contribution is -2.11. The normalized spacial score (nSPS) is 35.3. The van der Waals surface area contributed by atoms with Gasteiger partial charge in [0.15, 0.2) is 0 Å². The van der Waals surface area contributed by atoms with E-state index in [1.54, 1.807) is 0 Å². The molecule has 0 aromatic heterocycles. The van der Waals surface area contributed by atoms with Crippen LogP contribution in [0.15, 0.2) is 0 Å². The van der Waals surface area contributed by atoms with Crippen LogP contribution >= 0.6 is 0 Å². The van der Waals surface area contributed by atoms with E-state index in [1.165, 1.54) is 19.3 Å². The maximum absolute atomic E-state index is 10.4. The number of nitrogens with one attached hydrogen (secondary N) is 1. The van der Waals surface area contributed by atoms with Gasteiger partial charge in [-0.3, -0.25) is 5.32 Å². The van der Waals surface area contributed by atoms with E-state index in [0.717, 1.165) is 12.7 Å². The first kappa shape index (κ1) is 8.72. The lowest BCUT2D eigenvalue weighted by atomic mass is 10.00. The third-order valence-electron chi connectivity index (χ3n) is 2.52. The quantitative estimate of drug-likeness (QED) is 0.371. The number of aldehydes is 1. The molecule has 1 saturated heterocycles. The van der Waals surface area contributed by atoms with Gasteiger partial charge in [0.05, 0.1) is 6.04 Å². The van der Waals surface area contributed by atoms with Crippen molar-refractivity contribution in [2.24, 2.45) is 0 Å². The Balaban J connectivity index is 2.12. The summed E-state index contributed by atoms with van der Waals surface area (Å²) in [6.45, 7) is 4.32. The second-order valence-electron chi connectivity index (χ2n) is 3.63. The molecule has 11 heavy (non-hydrogen) atoms. The van der Waals surface area contributed by atoms with Gasteiger partial charge >= 0.3 is 0 Å². The fraction of sp³-hybridized carbons (Fsp3) is 0.889. The smallest absolute Gasteiger partial charge is 0.138 e. The van der Waals surface area contributed by atoms with E-state index >= 15 is 0 Å². The minimum absolute atomic E-state index is 0.138. The molecule has 0 aromatic carbocycles. The van der Waals surface area contributed by atoms with Crippen molar-refractivity contribution in [2.45, 2.75) is 51.1 Å². The molecule has 0 saturated carbocycles. The van der Waals surface area contributed by atoms with Crippen molar-refractivity contribution in [3.05, 3.63) is 0 Å². The van der Waals surface area contributed by atoms with Crippen LogP contribution in [0.25, 0.3) is 0 Å². The van der Waals surface area contributed by atoms with E-state index in [9.17, 15) is 4.79 Å². The second kappa shape index (κ2) is 3.35. The summed E-state index contributed by atoms with van der Waals surface area (Å²) in [7, 11) is 0. The predicted molar refractivity (Wildman–Crippen MR) is 45.5 cm³/mol. The molecule has 0 aliphatic carbocycles. The van der Waals surface area contributed by atoms with Gasteiger partial charge in [0, 0.05) is 5.54 Å². The molecular formula is C9H17NO. The number of unbranched alkanes of at least 4 members (excludes halogenated alkanes) is 2. The van der Waals surface area contributed by atoms with Gasteiger partial charge in [-0.2, -0.15) is 0 Å². The van der Waals surface area contributed by atoms with Crippen molar-refractivity contribution < 1.29 is 4.79 Å². The van der Waals surface area contributed by atoms with E-state index in [1.807, 2.05) is 0 Å². The van der Waals surface area contributed by atoms with Gasteiger partial charge in [-0.15, -0.1) is 0 Å². The Morgan fingerprint density at radius 2 is 2.27 bits per heavy atom. The van der Waals surface area contributed by atoms with Crippen LogP contribution in [-0.2, 0) is 4.79 Å². The molecule has 2 atom stereocenters. The highest BCUT2D eigenvalue weighted by molar-refractivity contribution is 5.66.